The number of ether oxygens (including phenoxy) is 1. The number of unbranched alkanes of at least 4 members (excludes halogenated alkanes) is 2. The molecule has 2 aromatic heterocycles. The molecule has 0 unspecified atom stereocenters. The highest BCUT2D eigenvalue weighted by Gasteiger charge is 2.46. The number of rotatable bonds is 9. The van der Waals surface area contributed by atoms with Crippen LogP contribution in [0.2, 0.25) is 0 Å². The van der Waals surface area contributed by atoms with Crippen molar-refractivity contribution in [3.05, 3.63) is 77.1 Å². The Bertz CT molecular complexity index is 1130. The summed E-state index contributed by atoms with van der Waals surface area (Å²) in [4.78, 5) is 27.4. The molecule has 1 aliphatic rings. The van der Waals surface area contributed by atoms with Crippen LogP contribution >= 0.6 is 0 Å². The lowest BCUT2D eigenvalue weighted by Crippen LogP contribution is -2.31. The van der Waals surface area contributed by atoms with Gasteiger partial charge in [0, 0.05) is 6.07 Å². The lowest BCUT2D eigenvalue weighted by Gasteiger charge is -2.24. The zero-order valence-electron chi connectivity index (χ0n) is 17.9. The number of aliphatic hydroxyl groups excluding tert-OH is 1. The lowest BCUT2D eigenvalue weighted by molar-refractivity contribution is -0.117. The molecule has 4 rings (SSSR count). The summed E-state index contributed by atoms with van der Waals surface area (Å²) in [7, 11) is 0. The number of aromatic nitrogens is 1. The van der Waals surface area contributed by atoms with E-state index in [2.05, 4.69) is 12.1 Å². The van der Waals surface area contributed by atoms with Gasteiger partial charge in [-0.2, -0.15) is 0 Å². The number of benzene rings is 1. The predicted octanol–water partition coefficient (Wildman–Crippen LogP) is 4.93. The summed E-state index contributed by atoms with van der Waals surface area (Å²) in [6.45, 7) is 4.44. The molecule has 1 aromatic carbocycles. The number of hydrogen-bond acceptors (Lipinski definition) is 7. The molecule has 32 heavy (non-hydrogen) atoms. The molecule has 0 radical (unpaired) electrons. The van der Waals surface area contributed by atoms with Gasteiger partial charge in [-0.3, -0.25) is 14.5 Å². The average molecular weight is 436 g/mol. The van der Waals surface area contributed by atoms with E-state index in [0.717, 1.165) is 19.3 Å². The van der Waals surface area contributed by atoms with Crippen LogP contribution in [0.5, 0.6) is 5.75 Å². The number of anilines is 1. The first-order valence-corrected chi connectivity index (χ1v) is 10.5. The fourth-order valence-corrected chi connectivity index (χ4v) is 3.68. The highest BCUT2D eigenvalue weighted by molar-refractivity contribution is 6.19. The molecule has 1 N–H and O–H groups in total. The molecule has 1 amide bonds. The van der Waals surface area contributed by atoms with Crippen molar-refractivity contribution in [1.29, 1.82) is 0 Å². The number of aryl methyl sites for hydroxylation is 1. The second-order valence-electron chi connectivity index (χ2n) is 7.57. The van der Waals surface area contributed by atoms with Crippen LogP contribution in [-0.4, -0.2) is 28.6 Å². The van der Waals surface area contributed by atoms with Crippen molar-refractivity contribution < 1.29 is 28.4 Å². The van der Waals surface area contributed by atoms with Crippen molar-refractivity contribution in [3.63, 3.8) is 0 Å². The zero-order valence-corrected chi connectivity index (χ0v) is 17.9. The summed E-state index contributed by atoms with van der Waals surface area (Å²) in [5.74, 6) is -0.550. The number of Topliss-reactive ketones (excluding diaryl/α,β-unsaturated/α-hetero) is 1. The van der Waals surface area contributed by atoms with Crippen molar-refractivity contribution >= 4 is 17.5 Å². The summed E-state index contributed by atoms with van der Waals surface area (Å²) in [5, 5.41) is 14.6. The van der Waals surface area contributed by atoms with Crippen LogP contribution in [0.4, 0.5) is 5.82 Å². The van der Waals surface area contributed by atoms with Gasteiger partial charge in [-0.1, -0.05) is 37.1 Å². The van der Waals surface area contributed by atoms with Gasteiger partial charge in [-0.25, -0.2) is 0 Å². The summed E-state index contributed by atoms with van der Waals surface area (Å²) in [6.07, 6.45) is 4.53. The Morgan fingerprint density at radius 3 is 2.62 bits per heavy atom. The number of aliphatic hydroxyl groups is 1. The Morgan fingerprint density at radius 1 is 1.22 bits per heavy atom. The van der Waals surface area contributed by atoms with Gasteiger partial charge in [0.15, 0.2) is 17.3 Å². The van der Waals surface area contributed by atoms with Crippen LogP contribution in [0.1, 0.15) is 54.1 Å². The number of carbonyl (C=O) groups is 2. The van der Waals surface area contributed by atoms with E-state index in [1.165, 1.54) is 17.2 Å². The molecule has 0 bridgehead atoms. The molecule has 8 nitrogen and oxygen atoms in total. The smallest absolute Gasteiger partial charge is 0.295 e. The van der Waals surface area contributed by atoms with Gasteiger partial charge in [0.25, 0.3) is 5.91 Å². The monoisotopic (exact) mass is 436 g/mol. The minimum Gasteiger partial charge on any atom is -0.503 e. The summed E-state index contributed by atoms with van der Waals surface area (Å²) in [5.41, 5.74) is 0.529. The minimum absolute atomic E-state index is 0.0263. The van der Waals surface area contributed by atoms with E-state index in [1.807, 2.05) is 0 Å². The first-order chi connectivity index (χ1) is 15.5. The van der Waals surface area contributed by atoms with Crippen molar-refractivity contribution in [2.24, 2.45) is 0 Å². The fraction of sp³-hybridized carbons (Fsp3) is 0.292. The van der Waals surface area contributed by atoms with E-state index in [1.54, 1.807) is 43.3 Å². The lowest BCUT2D eigenvalue weighted by atomic mass is 9.95. The summed E-state index contributed by atoms with van der Waals surface area (Å²) >= 11 is 0. The molecule has 3 aromatic rings. The van der Waals surface area contributed by atoms with E-state index >= 15 is 0 Å². The highest BCUT2D eigenvalue weighted by Crippen LogP contribution is 2.42. The summed E-state index contributed by atoms with van der Waals surface area (Å²) in [6, 6.07) is 10.8. The molecule has 0 saturated carbocycles. The second-order valence-corrected chi connectivity index (χ2v) is 7.57. The topological polar surface area (TPSA) is 106 Å². The van der Waals surface area contributed by atoms with Crippen molar-refractivity contribution in [3.8, 4) is 5.75 Å². The molecule has 166 valence electrons. The summed E-state index contributed by atoms with van der Waals surface area (Å²) < 4.78 is 16.1. The van der Waals surface area contributed by atoms with Gasteiger partial charge in [0.1, 0.15) is 11.5 Å². The SMILES string of the molecule is CCCCCOc1ccc([C@@H]2C(C(=O)c3ccco3)=C(O)C(=O)N2c2cc(C)on2)cc1. The Kier molecular flexibility index (Phi) is 6.11. The molecule has 1 aliphatic heterocycles. The van der Waals surface area contributed by atoms with E-state index in [4.69, 9.17) is 13.7 Å². The van der Waals surface area contributed by atoms with Crippen LogP contribution < -0.4 is 9.64 Å². The minimum atomic E-state index is -0.904. The molecule has 0 spiro atoms. The number of amides is 1. The molecule has 0 aliphatic carbocycles. The molecular weight excluding hydrogens is 412 g/mol. The Hall–Kier alpha value is -3.81. The van der Waals surface area contributed by atoms with E-state index in [9.17, 15) is 14.7 Å². The third kappa shape index (κ3) is 4.03. The third-order valence-corrected chi connectivity index (χ3v) is 5.27. The van der Waals surface area contributed by atoms with E-state index < -0.39 is 23.5 Å². The predicted molar refractivity (Wildman–Crippen MR) is 116 cm³/mol. The van der Waals surface area contributed by atoms with Crippen LogP contribution in [0, 0.1) is 6.92 Å². The quantitative estimate of drug-likeness (QED) is 0.374. The molecule has 8 heteroatoms. The Labute approximate surface area is 185 Å². The van der Waals surface area contributed by atoms with Gasteiger partial charge < -0.3 is 18.8 Å². The van der Waals surface area contributed by atoms with Gasteiger partial charge in [0.2, 0.25) is 5.78 Å². The van der Waals surface area contributed by atoms with E-state index in [-0.39, 0.29) is 17.2 Å². The maximum absolute atomic E-state index is 13.1. The van der Waals surface area contributed by atoms with Crippen LogP contribution in [-0.2, 0) is 4.79 Å². The largest absolute Gasteiger partial charge is 0.503 e. The van der Waals surface area contributed by atoms with Crippen molar-refractivity contribution in [1.82, 2.24) is 5.16 Å². The normalized spacial score (nSPS) is 16.1. The fourth-order valence-electron chi connectivity index (χ4n) is 3.68. The number of ketones is 1. The van der Waals surface area contributed by atoms with E-state index in [0.29, 0.717) is 23.7 Å². The maximum atomic E-state index is 13.1. The first-order valence-electron chi connectivity index (χ1n) is 10.5. The Morgan fingerprint density at radius 2 is 2.00 bits per heavy atom. The van der Waals surface area contributed by atoms with Crippen LogP contribution in [0.15, 0.2) is 69.0 Å². The highest BCUT2D eigenvalue weighted by atomic mass is 16.5. The molecule has 0 fully saturated rings. The number of carbonyl (C=O) groups excluding carboxylic acids is 2. The Balaban J connectivity index is 1.70. The third-order valence-electron chi connectivity index (χ3n) is 5.27. The van der Waals surface area contributed by atoms with Gasteiger partial charge >= 0.3 is 0 Å². The van der Waals surface area contributed by atoms with Gasteiger partial charge in [-0.05, 0) is 43.2 Å². The van der Waals surface area contributed by atoms with Gasteiger partial charge in [0.05, 0.1) is 24.5 Å². The standard InChI is InChI=1S/C24H24N2O6/c1-3-4-5-12-30-17-10-8-16(9-11-17)21-20(22(27)18-7-6-13-31-18)23(28)24(29)26(21)19-14-15(2)32-25-19/h6-11,13-14,21,28H,3-5,12H2,1-2H3/t21-/m1/s1. The second kappa shape index (κ2) is 9.13. The van der Waals surface area contributed by atoms with Crippen molar-refractivity contribution in [2.45, 2.75) is 39.2 Å². The number of nitrogens with zero attached hydrogens (tertiary/aromatic N) is 2. The molecule has 1 atom stereocenters. The average Bonchev–Trinajstić information content (AvgIpc) is 3.53. The number of hydrogen-bond donors (Lipinski definition) is 1. The molecular formula is C24H24N2O6. The maximum Gasteiger partial charge on any atom is 0.295 e. The van der Waals surface area contributed by atoms with Crippen LogP contribution in [0.25, 0.3) is 0 Å². The van der Waals surface area contributed by atoms with Crippen LogP contribution in [0.3, 0.4) is 0 Å². The first kappa shape index (κ1) is 21.4. The van der Waals surface area contributed by atoms with Crippen molar-refractivity contribution in [2.75, 3.05) is 11.5 Å². The molecule has 3 heterocycles. The zero-order chi connectivity index (χ0) is 22.7. The molecule has 0 saturated heterocycles. The van der Waals surface area contributed by atoms with Gasteiger partial charge in [-0.15, -0.1) is 0 Å². The number of furan rings is 1.